The van der Waals surface area contributed by atoms with E-state index in [9.17, 15) is 13.4 Å². The molecule has 7 nitrogen and oxygen atoms in total. The van der Waals surface area contributed by atoms with Gasteiger partial charge in [0.05, 0.1) is 36.2 Å². The Labute approximate surface area is 271 Å². The Bertz CT molecular complexity index is 1420. The molecule has 3 unspecified atom stereocenters. The summed E-state index contributed by atoms with van der Waals surface area (Å²) in [4.78, 5) is 15.0. The zero-order chi connectivity index (χ0) is 31.6. The smallest absolute Gasteiger partial charge is 0.249 e. The van der Waals surface area contributed by atoms with Gasteiger partial charge in [0.1, 0.15) is 23.4 Å². The Morgan fingerprint density at radius 3 is 2.14 bits per heavy atom. The second-order valence-electron chi connectivity index (χ2n) is 11.0. The van der Waals surface area contributed by atoms with Crippen LogP contribution in [0.15, 0.2) is 90.8 Å². The van der Waals surface area contributed by atoms with Gasteiger partial charge in [0.25, 0.3) is 0 Å². The molecule has 0 bridgehead atoms. The molecule has 0 radical (unpaired) electrons. The third-order valence-electron chi connectivity index (χ3n) is 7.40. The number of amides is 1. The Balaban J connectivity index is 0.000000309. The standard InChI is InChI=1S/C24H26ClFN2O3S.C6H5Cl.C3H8N2/c25-18-9-7-17(8-10-18)23-14-31-15-24(29)28(23)22(16-5-6-16)13-27(32(30)19-11-12-19)21-4-2-1-3-20(21)26;7-6-4-2-1-3-5-6;1-3(5)2-4/h1-4,7-10,16,19,22-23H,5-6,11-15H2;1-5H;2H,4-5H2,1H3/b;;3-2-. The van der Waals surface area contributed by atoms with Crippen LogP contribution in [0.5, 0.6) is 0 Å². The van der Waals surface area contributed by atoms with E-state index >= 15 is 0 Å². The van der Waals surface area contributed by atoms with Crippen LogP contribution >= 0.6 is 23.2 Å². The average Bonchev–Trinajstić information content (AvgIpc) is 3.94. The van der Waals surface area contributed by atoms with E-state index in [0.29, 0.717) is 35.5 Å². The van der Waals surface area contributed by atoms with E-state index in [1.165, 1.54) is 12.3 Å². The normalized spacial score (nSPS) is 19.5. The summed E-state index contributed by atoms with van der Waals surface area (Å²) in [5.41, 5.74) is 11.9. The van der Waals surface area contributed by atoms with Gasteiger partial charge in [0.15, 0.2) is 0 Å². The lowest BCUT2D eigenvalue weighted by atomic mass is 10.00. The van der Waals surface area contributed by atoms with E-state index in [0.717, 1.165) is 36.3 Å². The SMILES string of the molecule is C/C(N)=C/N.Clc1ccccc1.O=C1COCC(c2ccc(Cl)cc2)N1C(CN(c1ccccc1F)S(=O)C1CC1)C1CC1. The molecule has 1 amide bonds. The van der Waals surface area contributed by atoms with Crippen molar-refractivity contribution in [2.24, 2.45) is 17.4 Å². The zero-order valence-electron chi connectivity index (χ0n) is 24.7. The van der Waals surface area contributed by atoms with Gasteiger partial charge in [-0.15, -0.1) is 0 Å². The minimum absolute atomic E-state index is 0.0265. The van der Waals surface area contributed by atoms with E-state index in [2.05, 4.69) is 0 Å². The molecule has 2 saturated carbocycles. The minimum Gasteiger partial charge on any atom is -0.403 e. The third kappa shape index (κ3) is 9.69. The van der Waals surface area contributed by atoms with Crippen molar-refractivity contribution >= 4 is 45.8 Å². The van der Waals surface area contributed by atoms with Crippen molar-refractivity contribution in [1.29, 1.82) is 0 Å². The number of ether oxygens (including phenoxy) is 1. The molecule has 3 atom stereocenters. The van der Waals surface area contributed by atoms with Crippen molar-refractivity contribution in [2.75, 3.05) is 24.1 Å². The van der Waals surface area contributed by atoms with Crippen molar-refractivity contribution in [1.82, 2.24) is 4.90 Å². The van der Waals surface area contributed by atoms with Crippen LogP contribution in [0.3, 0.4) is 0 Å². The quantitative estimate of drug-likeness (QED) is 0.284. The van der Waals surface area contributed by atoms with Crippen LogP contribution < -0.4 is 15.8 Å². The van der Waals surface area contributed by atoms with Gasteiger partial charge in [-0.25, -0.2) is 8.60 Å². The number of hydrogen-bond acceptors (Lipinski definition) is 5. The maximum absolute atomic E-state index is 14.8. The molecule has 11 heteroatoms. The molecule has 3 aromatic rings. The van der Waals surface area contributed by atoms with Gasteiger partial charge in [-0.05, 0) is 80.5 Å². The summed E-state index contributed by atoms with van der Waals surface area (Å²) in [5, 5.41) is 1.48. The molecule has 0 spiro atoms. The highest BCUT2D eigenvalue weighted by Gasteiger charge is 2.45. The average molecular weight is 662 g/mol. The highest BCUT2D eigenvalue weighted by atomic mass is 35.5. The Hall–Kier alpha value is -3.11. The van der Waals surface area contributed by atoms with Gasteiger partial charge in [-0.2, -0.15) is 0 Å². The molecule has 3 aromatic carbocycles. The summed E-state index contributed by atoms with van der Waals surface area (Å²) in [7, 11) is -1.34. The minimum atomic E-state index is -1.34. The Morgan fingerprint density at radius 2 is 1.61 bits per heavy atom. The van der Waals surface area contributed by atoms with Crippen molar-refractivity contribution in [3.05, 3.63) is 112 Å². The molecule has 44 heavy (non-hydrogen) atoms. The fourth-order valence-corrected chi connectivity index (χ4v) is 6.66. The van der Waals surface area contributed by atoms with E-state index in [-0.39, 0.29) is 29.8 Å². The Kier molecular flexibility index (Phi) is 12.5. The lowest BCUT2D eigenvalue weighted by Gasteiger charge is -2.43. The summed E-state index contributed by atoms with van der Waals surface area (Å²) >= 11 is 11.6. The number of para-hydroxylation sites is 1. The lowest BCUT2D eigenvalue weighted by molar-refractivity contribution is -0.152. The number of nitrogens with zero attached hydrogens (tertiary/aromatic N) is 2. The number of morpholine rings is 1. The van der Waals surface area contributed by atoms with Crippen molar-refractivity contribution in [3.63, 3.8) is 0 Å². The van der Waals surface area contributed by atoms with Crippen molar-refractivity contribution < 1.29 is 18.1 Å². The topological polar surface area (TPSA) is 102 Å². The molecule has 1 aliphatic heterocycles. The first-order valence-corrected chi connectivity index (χ1v) is 16.5. The van der Waals surface area contributed by atoms with Gasteiger partial charge in [-0.3, -0.25) is 9.10 Å². The first-order valence-electron chi connectivity index (χ1n) is 14.6. The maximum Gasteiger partial charge on any atom is 0.249 e. The van der Waals surface area contributed by atoms with E-state index < -0.39 is 16.8 Å². The van der Waals surface area contributed by atoms with E-state index in [4.69, 9.17) is 39.4 Å². The van der Waals surface area contributed by atoms with Crippen LogP contribution in [-0.4, -0.2) is 46.1 Å². The number of benzene rings is 3. The van der Waals surface area contributed by atoms with Crippen LogP contribution in [-0.2, 0) is 20.5 Å². The molecule has 236 valence electrons. The lowest BCUT2D eigenvalue weighted by Crippen LogP contribution is -2.54. The van der Waals surface area contributed by atoms with Crippen LogP contribution in [0.1, 0.15) is 44.2 Å². The largest absolute Gasteiger partial charge is 0.403 e. The maximum atomic E-state index is 14.8. The van der Waals surface area contributed by atoms with Crippen molar-refractivity contribution in [2.45, 2.75) is 49.9 Å². The zero-order valence-corrected chi connectivity index (χ0v) is 27.0. The summed E-state index contributed by atoms with van der Waals surface area (Å²) in [6.07, 6.45) is 5.14. The van der Waals surface area contributed by atoms with Crippen molar-refractivity contribution in [3.8, 4) is 0 Å². The highest BCUT2D eigenvalue weighted by Crippen LogP contribution is 2.42. The molecule has 4 N–H and O–H groups in total. The van der Waals surface area contributed by atoms with Crippen LogP contribution in [0.2, 0.25) is 10.0 Å². The van der Waals surface area contributed by atoms with Gasteiger partial charge >= 0.3 is 0 Å². The number of anilines is 1. The van der Waals surface area contributed by atoms with Crippen LogP contribution in [0, 0.1) is 11.7 Å². The summed E-state index contributed by atoms with van der Waals surface area (Å²) < 4.78 is 35.4. The van der Waals surface area contributed by atoms with E-state index in [1.54, 1.807) is 29.4 Å². The predicted molar refractivity (Wildman–Crippen MR) is 177 cm³/mol. The van der Waals surface area contributed by atoms with Gasteiger partial charge in [0.2, 0.25) is 5.91 Å². The molecule has 6 rings (SSSR count). The third-order valence-corrected chi connectivity index (χ3v) is 9.73. The molecule has 3 fully saturated rings. The molecule has 2 aliphatic carbocycles. The molecule has 3 aliphatic rings. The molecular weight excluding hydrogens is 622 g/mol. The van der Waals surface area contributed by atoms with Gasteiger partial charge in [-0.1, -0.05) is 65.7 Å². The summed E-state index contributed by atoms with van der Waals surface area (Å²) in [5.74, 6) is -0.172. The van der Waals surface area contributed by atoms with Crippen LogP contribution in [0.25, 0.3) is 0 Å². The van der Waals surface area contributed by atoms with Crippen LogP contribution in [0.4, 0.5) is 10.1 Å². The summed E-state index contributed by atoms with van der Waals surface area (Å²) in [6, 6.07) is 23.0. The predicted octanol–water partition coefficient (Wildman–Crippen LogP) is 6.60. The Morgan fingerprint density at radius 1 is 1.02 bits per heavy atom. The number of rotatable bonds is 8. The summed E-state index contributed by atoms with van der Waals surface area (Å²) in [6.45, 7) is 2.49. The number of allylic oxidation sites excluding steroid dienone is 1. The first kappa shape index (κ1) is 33.8. The molecule has 0 aromatic heterocycles. The second-order valence-corrected chi connectivity index (χ2v) is 13.5. The fourth-order valence-electron chi connectivity index (χ4n) is 4.85. The number of carbonyl (C=O) groups is 1. The number of halogens is 3. The number of nitrogens with two attached hydrogens (primary N) is 2. The number of hydrogen-bond donors (Lipinski definition) is 2. The van der Waals surface area contributed by atoms with Gasteiger partial charge < -0.3 is 21.1 Å². The fraction of sp³-hybridized carbons (Fsp3) is 0.364. The molecule has 1 saturated heterocycles. The molecular formula is C33H39Cl2FN4O3S. The number of carbonyl (C=O) groups excluding carboxylic acids is 1. The highest BCUT2D eigenvalue weighted by molar-refractivity contribution is 7.87. The van der Waals surface area contributed by atoms with E-state index in [1.807, 2.05) is 59.5 Å². The van der Waals surface area contributed by atoms with Gasteiger partial charge in [0, 0.05) is 21.9 Å². The second kappa shape index (κ2) is 16.3. The monoisotopic (exact) mass is 660 g/mol. The molecule has 1 heterocycles. The first-order chi connectivity index (χ1) is 21.2.